The number of ether oxygens (including phenoxy) is 1. The van der Waals surface area contributed by atoms with Crippen molar-refractivity contribution in [3.63, 3.8) is 0 Å². The summed E-state index contributed by atoms with van der Waals surface area (Å²) in [6.45, 7) is 3.33. The smallest absolute Gasteiger partial charge is 0.292 e. The van der Waals surface area contributed by atoms with Gasteiger partial charge in [-0.25, -0.2) is 4.90 Å². The van der Waals surface area contributed by atoms with Crippen molar-refractivity contribution in [2.45, 2.75) is 12.5 Å². The van der Waals surface area contributed by atoms with E-state index in [0.717, 1.165) is 36.9 Å². The van der Waals surface area contributed by atoms with Crippen LogP contribution in [0.1, 0.15) is 6.42 Å². The lowest BCUT2D eigenvalue weighted by Gasteiger charge is -2.35. The van der Waals surface area contributed by atoms with Crippen molar-refractivity contribution in [3.05, 3.63) is 53.6 Å². The number of nitrogens with zero attached hydrogens (tertiary/aromatic N) is 2. The van der Waals surface area contributed by atoms with E-state index in [9.17, 15) is 9.59 Å². The van der Waals surface area contributed by atoms with E-state index in [4.69, 9.17) is 16.3 Å². The van der Waals surface area contributed by atoms with Crippen LogP contribution in [0.4, 0.5) is 11.4 Å². The number of amides is 2. The number of quaternary nitrogens is 1. The van der Waals surface area contributed by atoms with Gasteiger partial charge in [-0.1, -0.05) is 11.6 Å². The van der Waals surface area contributed by atoms with Gasteiger partial charge in [-0.2, -0.15) is 0 Å². The first-order chi connectivity index (χ1) is 13.6. The summed E-state index contributed by atoms with van der Waals surface area (Å²) in [4.78, 5) is 30.3. The van der Waals surface area contributed by atoms with Gasteiger partial charge < -0.3 is 14.5 Å². The molecule has 1 atom stereocenters. The van der Waals surface area contributed by atoms with Crippen LogP contribution in [0, 0.1) is 0 Å². The summed E-state index contributed by atoms with van der Waals surface area (Å²) in [7, 11) is 1.59. The molecular weight excluding hydrogens is 378 g/mol. The summed E-state index contributed by atoms with van der Waals surface area (Å²) in [6, 6.07) is 14.6. The Kier molecular flexibility index (Phi) is 5.24. The summed E-state index contributed by atoms with van der Waals surface area (Å²) in [5.41, 5.74) is 1.75. The zero-order valence-corrected chi connectivity index (χ0v) is 16.5. The summed E-state index contributed by atoms with van der Waals surface area (Å²) >= 11 is 5.97. The molecule has 0 radical (unpaired) electrons. The normalized spacial score (nSPS) is 20.7. The summed E-state index contributed by atoms with van der Waals surface area (Å²) in [5, 5.41) is 0.724. The Morgan fingerprint density at radius 2 is 1.57 bits per heavy atom. The highest BCUT2D eigenvalue weighted by Gasteiger charge is 2.46. The molecule has 0 spiro atoms. The first kappa shape index (κ1) is 18.8. The van der Waals surface area contributed by atoms with Crippen molar-refractivity contribution in [2.75, 3.05) is 43.1 Å². The molecule has 2 amide bonds. The van der Waals surface area contributed by atoms with E-state index in [1.807, 2.05) is 24.3 Å². The molecule has 0 aromatic heterocycles. The molecule has 2 aliphatic heterocycles. The number of anilines is 2. The van der Waals surface area contributed by atoms with Crippen molar-refractivity contribution >= 4 is 34.8 Å². The van der Waals surface area contributed by atoms with Gasteiger partial charge in [0, 0.05) is 10.7 Å². The number of benzene rings is 2. The SMILES string of the molecule is COc1ccc(N2C(=O)CC([NH+]3CCN(c4ccc(Cl)cc4)CC3)C2=O)cc1. The lowest BCUT2D eigenvalue weighted by molar-refractivity contribution is -0.915. The topological polar surface area (TPSA) is 54.3 Å². The van der Waals surface area contributed by atoms with Crippen molar-refractivity contribution in [2.24, 2.45) is 0 Å². The van der Waals surface area contributed by atoms with Crippen LogP contribution in [0.15, 0.2) is 48.5 Å². The fourth-order valence-electron chi connectivity index (χ4n) is 4.01. The molecule has 2 aliphatic rings. The maximum atomic E-state index is 13.0. The number of methoxy groups -OCH3 is 1. The van der Waals surface area contributed by atoms with E-state index in [1.54, 1.807) is 31.4 Å². The van der Waals surface area contributed by atoms with E-state index in [1.165, 1.54) is 9.80 Å². The van der Waals surface area contributed by atoms with E-state index >= 15 is 0 Å². The molecule has 1 N–H and O–H groups in total. The van der Waals surface area contributed by atoms with Crippen LogP contribution >= 0.6 is 11.6 Å². The molecule has 2 aromatic rings. The zero-order valence-electron chi connectivity index (χ0n) is 15.7. The average molecular weight is 401 g/mol. The molecular formula is C21H23ClN3O3+. The van der Waals surface area contributed by atoms with Crippen LogP contribution in [-0.2, 0) is 9.59 Å². The number of carbonyl (C=O) groups excluding carboxylic acids is 2. The Morgan fingerprint density at radius 3 is 2.18 bits per heavy atom. The molecule has 0 saturated carbocycles. The van der Waals surface area contributed by atoms with Crippen LogP contribution in [0.2, 0.25) is 5.02 Å². The molecule has 7 heteroatoms. The monoisotopic (exact) mass is 400 g/mol. The number of hydrogen-bond donors (Lipinski definition) is 1. The average Bonchev–Trinajstić information content (AvgIpc) is 3.03. The second-order valence-electron chi connectivity index (χ2n) is 7.14. The molecule has 2 saturated heterocycles. The van der Waals surface area contributed by atoms with Crippen molar-refractivity contribution in [3.8, 4) is 5.75 Å². The van der Waals surface area contributed by atoms with Gasteiger partial charge in [-0.05, 0) is 48.5 Å². The molecule has 2 fully saturated rings. The Bertz CT molecular complexity index is 861. The molecule has 2 aromatic carbocycles. The number of halogens is 1. The first-order valence-corrected chi connectivity index (χ1v) is 9.80. The van der Waals surface area contributed by atoms with Crippen molar-refractivity contribution < 1.29 is 19.2 Å². The molecule has 2 heterocycles. The number of carbonyl (C=O) groups is 2. The fraction of sp³-hybridized carbons (Fsp3) is 0.333. The van der Waals surface area contributed by atoms with Crippen molar-refractivity contribution in [1.82, 2.24) is 0 Å². The lowest BCUT2D eigenvalue weighted by Crippen LogP contribution is -3.19. The maximum Gasteiger partial charge on any atom is 0.292 e. The number of rotatable bonds is 4. The van der Waals surface area contributed by atoms with Gasteiger partial charge in [0.25, 0.3) is 5.91 Å². The third-order valence-electron chi connectivity index (χ3n) is 5.57. The van der Waals surface area contributed by atoms with Gasteiger partial charge in [0.2, 0.25) is 5.91 Å². The minimum atomic E-state index is -0.304. The Morgan fingerprint density at radius 1 is 0.964 bits per heavy atom. The Hall–Kier alpha value is -2.57. The Balaban J connectivity index is 1.42. The molecule has 28 heavy (non-hydrogen) atoms. The predicted molar refractivity (Wildman–Crippen MR) is 108 cm³/mol. The van der Waals surface area contributed by atoms with Crippen molar-refractivity contribution in [1.29, 1.82) is 0 Å². The second kappa shape index (κ2) is 7.81. The number of nitrogens with one attached hydrogen (secondary N) is 1. The van der Waals surface area contributed by atoms with E-state index in [2.05, 4.69) is 4.90 Å². The third-order valence-corrected chi connectivity index (χ3v) is 5.82. The molecule has 0 aliphatic carbocycles. The van der Waals surface area contributed by atoms with Gasteiger partial charge in [0.1, 0.15) is 5.75 Å². The molecule has 146 valence electrons. The first-order valence-electron chi connectivity index (χ1n) is 9.43. The highest BCUT2D eigenvalue weighted by Crippen LogP contribution is 2.25. The van der Waals surface area contributed by atoms with E-state index in [-0.39, 0.29) is 24.3 Å². The quantitative estimate of drug-likeness (QED) is 0.788. The van der Waals surface area contributed by atoms with Crippen LogP contribution in [0.25, 0.3) is 0 Å². The predicted octanol–water partition coefficient (Wildman–Crippen LogP) is 1.39. The minimum Gasteiger partial charge on any atom is -0.497 e. The maximum absolute atomic E-state index is 13.0. The fourth-order valence-corrected chi connectivity index (χ4v) is 4.13. The summed E-state index contributed by atoms with van der Waals surface area (Å²) in [5.74, 6) is 0.459. The largest absolute Gasteiger partial charge is 0.497 e. The lowest BCUT2D eigenvalue weighted by atomic mass is 10.1. The van der Waals surface area contributed by atoms with E-state index in [0.29, 0.717) is 11.4 Å². The Labute approximate surface area is 169 Å². The van der Waals surface area contributed by atoms with Gasteiger partial charge in [-0.15, -0.1) is 0 Å². The second-order valence-corrected chi connectivity index (χ2v) is 7.58. The van der Waals surface area contributed by atoms with Gasteiger partial charge in [0.15, 0.2) is 6.04 Å². The van der Waals surface area contributed by atoms with E-state index < -0.39 is 0 Å². The van der Waals surface area contributed by atoms with Crippen LogP contribution in [-0.4, -0.2) is 51.1 Å². The van der Waals surface area contributed by atoms with Gasteiger partial charge in [0.05, 0.1) is 45.4 Å². The molecule has 1 unspecified atom stereocenters. The minimum absolute atomic E-state index is 0.106. The highest BCUT2D eigenvalue weighted by atomic mass is 35.5. The highest BCUT2D eigenvalue weighted by molar-refractivity contribution is 6.30. The number of imide groups is 1. The molecule has 4 rings (SSSR count). The number of piperazine rings is 1. The van der Waals surface area contributed by atoms with Crippen LogP contribution in [0.5, 0.6) is 5.75 Å². The summed E-state index contributed by atoms with van der Waals surface area (Å²) in [6.07, 6.45) is 0.265. The van der Waals surface area contributed by atoms with Crippen LogP contribution < -0.4 is 19.4 Å². The zero-order chi connectivity index (χ0) is 19.7. The molecule has 6 nitrogen and oxygen atoms in total. The third kappa shape index (κ3) is 3.57. The van der Waals surface area contributed by atoms with Gasteiger partial charge in [-0.3, -0.25) is 9.59 Å². The summed E-state index contributed by atoms with van der Waals surface area (Å²) < 4.78 is 5.15. The molecule has 0 bridgehead atoms. The van der Waals surface area contributed by atoms with Gasteiger partial charge >= 0.3 is 0 Å². The standard InChI is InChI=1S/C21H22ClN3O3/c1-28-18-8-6-17(7-9-18)25-20(26)14-19(21(25)27)24-12-10-23(11-13-24)16-4-2-15(22)3-5-16/h2-9,19H,10-14H2,1H3/p+1. The van der Waals surface area contributed by atoms with Crippen LogP contribution in [0.3, 0.4) is 0 Å². The number of hydrogen-bond acceptors (Lipinski definition) is 4.